The summed E-state index contributed by atoms with van der Waals surface area (Å²) < 4.78 is 11.1. The average molecular weight is 244 g/mol. The molecule has 1 aromatic heterocycles. The van der Waals surface area contributed by atoms with Crippen molar-refractivity contribution in [1.29, 1.82) is 0 Å². The summed E-state index contributed by atoms with van der Waals surface area (Å²) >= 11 is 0. The molecule has 1 heterocycles. The molecule has 0 saturated carbocycles. The fourth-order valence-electron chi connectivity index (χ4n) is 1.77. The van der Waals surface area contributed by atoms with E-state index in [0.29, 0.717) is 11.5 Å². The molecule has 0 aliphatic heterocycles. The molecule has 2 rings (SSSR count). The molecule has 0 aliphatic carbocycles. The van der Waals surface area contributed by atoms with E-state index in [1.165, 1.54) is 0 Å². The Bertz CT molecular complexity index is 512. The molecule has 94 valence electrons. The zero-order valence-electron chi connectivity index (χ0n) is 10.5. The Morgan fingerprint density at radius 2 is 1.94 bits per heavy atom. The van der Waals surface area contributed by atoms with Crippen LogP contribution in [0.3, 0.4) is 0 Å². The number of hydrogen-bond acceptors (Lipinski definition) is 4. The Labute approximate surface area is 106 Å². The number of nitrogens with two attached hydrogens (primary N) is 1. The molecule has 18 heavy (non-hydrogen) atoms. The van der Waals surface area contributed by atoms with E-state index in [1.807, 2.05) is 37.3 Å². The summed E-state index contributed by atoms with van der Waals surface area (Å²) in [4.78, 5) is 4.01. The van der Waals surface area contributed by atoms with Crippen LogP contribution in [0.15, 0.2) is 42.7 Å². The van der Waals surface area contributed by atoms with E-state index in [9.17, 15) is 0 Å². The first-order valence-corrected chi connectivity index (χ1v) is 5.72. The normalized spacial score (nSPS) is 11.9. The summed E-state index contributed by atoms with van der Waals surface area (Å²) in [6, 6.07) is 9.10. The minimum atomic E-state index is -0.173. The molecule has 0 bridgehead atoms. The van der Waals surface area contributed by atoms with E-state index in [2.05, 4.69) is 4.98 Å². The van der Waals surface area contributed by atoms with Gasteiger partial charge in [0.25, 0.3) is 0 Å². The molecule has 1 aromatic carbocycles. The first-order chi connectivity index (χ1) is 8.72. The molecule has 0 amide bonds. The quantitative estimate of drug-likeness (QED) is 0.898. The topological polar surface area (TPSA) is 57.4 Å². The molecule has 0 radical (unpaired) electrons. The molecular weight excluding hydrogens is 228 g/mol. The predicted molar refractivity (Wildman–Crippen MR) is 69.9 cm³/mol. The van der Waals surface area contributed by atoms with Crippen molar-refractivity contribution in [2.24, 2.45) is 5.73 Å². The highest BCUT2D eigenvalue weighted by Crippen LogP contribution is 2.35. The number of ether oxygens (including phenoxy) is 2. The number of pyridine rings is 1. The smallest absolute Gasteiger partial charge is 0.145 e. The SMILES string of the molecule is COc1cccc(Oc2cccnc2)c1C(C)N. The third-order valence-electron chi connectivity index (χ3n) is 2.56. The number of hydrogen-bond donors (Lipinski definition) is 1. The largest absolute Gasteiger partial charge is 0.496 e. The van der Waals surface area contributed by atoms with Gasteiger partial charge in [0.2, 0.25) is 0 Å². The second-order valence-corrected chi connectivity index (χ2v) is 3.95. The number of aromatic nitrogens is 1. The molecule has 1 atom stereocenters. The van der Waals surface area contributed by atoms with Gasteiger partial charge in [-0.15, -0.1) is 0 Å². The Kier molecular flexibility index (Phi) is 3.79. The van der Waals surface area contributed by atoms with Gasteiger partial charge in [-0.05, 0) is 31.2 Å². The van der Waals surface area contributed by atoms with Crippen molar-refractivity contribution in [2.75, 3.05) is 7.11 Å². The molecule has 4 heteroatoms. The van der Waals surface area contributed by atoms with Gasteiger partial charge in [0.1, 0.15) is 17.2 Å². The van der Waals surface area contributed by atoms with Gasteiger partial charge in [-0.25, -0.2) is 0 Å². The molecule has 2 N–H and O–H groups in total. The summed E-state index contributed by atoms with van der Waals surface area (Å²) in [5.74, 6) is 2.09. The van der Waals surface area contributed by atoms with Crippen molar-refractivity contribution in [3.8, 4) is 17.2 Å². The zero-order chi connectivity index (χ0) is 13.0. The predicted octanol–water partition coefficient (Wildman–Crippen LogP) is 2.90. The highest BCUT2D eigenvalue weighted by Gasteiger charge is 2.14. The van der Waals surface area contributed by atoms with E-state index in [0.717, 1.165) is 11.3 Å². The van der Waals surface area contributed by atoms with Crippen molar-refractivity contribution >= 4 is 0 Å². The fraction of sp³-hybridized carbons (Fsp3) is 0.214. The molecule has 4 nitrogen and oxygen atoms in total. The maximum atomic E-state index is 5.97. The maximum Gasteiger partial charge on any atom is 0.145 e. The molecular formula is C14H16N2O2. The summed E-state index contributed by atoms with van der Waals surface area (Å²) in [7, 11) is 1.62. The second kappa shape index (κ2) is 5.51. The van der Waals surface area contributed by atoms with Crippen molar-refractivity contribution in [3.63, 3.8) is 0 Å². The maximum absolute atomic E-state index is 5.97. The Hall–Kier alpha value is -2.07. The lowest BCUT2D eigenvalue weighted by Gasteiger charge is -2.16. The standard InChI is InChI=1S/C14H16N2O2/c1-10(15)14-12(17-2)6-3-7-13(14)18-11-5-4-8-16-9-11/h3-10H,15H2,1-2H3. The lowest BCUT2D eigenvalue weighted by molar-refractivity contribution is 0.397. The van der Waals surface area contributed by atoms with Gasteiger partial charge in [0, 0.05) is 12.2 Å². The van der Waals surface area contributed by atoms with Crippen LogP contribution >= 0.6 is 0 Å². The van der Waals surface area contributed by atoms with E-state index in [1.54, 1.807) is 19.5 Å². The first-order valence-electron chi connectivity index (χ1n) is 5.72. The van der Waals surface area contributed by atoms with Gasteiger partial charge in [0.05, 0.1) is 18.9 Å². The highest BCUT2D eigenvalue weighted by molar-refractivity contribution is 5.48. The monoisotopic (exact) mass is 244 g/mol. The minimum absolute atomic E-state index is 0.173. The summed E-state index contributed by atoms with van der Waals surface area (Å²) in [5, 5.41) is 0. The Balaban J connectivity index is 2.38. The van der Waals surface area contributed by atoms with E-state index >= 15 is 0 Å². The Morgan fingerprint density at radius 3 is 2.56 bits per heavy atom. The molecule has 0 saturated heterocycles. The van der Waals surface area contributed by atoms with Gasteiger partial charge in [-0.2, -0.15) is 0 Å². The first kappa shape index (κ1) is 12.4. The van der Waals surface area contributed by atoms with Crippen molar-refractivity contribution in [3.05, 3.63) is 48.3 Å². The third kappa shape index (κ3) is 2.60. The van der Waals surface area contributed by atoms with Gasteiger partial charge in [-0.3, -0.25) is 4.98 Å². The molecule has 1 unspecified atom stereocenters. The van der Waals surface area contributed by atoms with E-state index in [-0.39, 0.29) is 6.04 Å². The van der Waals surface area contributed by atoms with Crippen LogP contribution in [0.25, 0.3) is 0 Å². The highest BCUT2D eigenvalue weighted by atomic mass is 16.5. The van der Waals surface area contributed by atoms with Crippen LogP contribution < -0.4 is 15.2 Å². The van der Waals surface area contributed by atoms with Crippen LogP contribution in [0.5, 0.6) is 17.2 Å². The van der Waals surface area contributed by atoms with Crippen LogP contribution in [0.2, 0.25) is 0 Å². The van der Waals surface area contributed by atoms with Gasteiger partial charge in [-0.1, -0.05) is 6.07 Å². The van der Waals surface area contributed by atoms with Crippen LogP contribution in [0.1, 0.15) is 18.5 Å². The molecule has 0 aliphatic rings. The lowest BCUT2D eigenvalue weighted by Crippen LogP contribution is -2.08. The average Bonchev–Trinajstić information content (AvgIpc) is 2.39. The molecule has 2 aromatic rings. The minimum Gasteiger partial charge on any atom is -0.496 e. The van der Waals surface area contributed by atoms with Gasteiger partial charge in [0.15, 0.2) is 0 Å². The van der Waals surface area contributed by atoms with Crippen molar-refractivity contribution in [2.45, 2.75) is 13.0 Å². The van der Waals surface area contributed by atoms with Crippen molar-refractivity contribution in [1.82, 2.24) is 4.98 Å². The second-order valence-electron chi connectivity index (χ2n) is 3.95. The van der Waals surface area contributed by atoms with Gasteiger partial charge < -0.3 is 15.2 Å². The van der Waals surface area contributed by atoms with Crippen LogP contribution in [-0.2, 0) is 0 Å². The summed E-state index contributed by atoms with van der Waals surface area (Å²) in [6.07, 6.45) is 3.36. The summed E-state index contributed by atoms with van der Waals surface area (Å²) in [6.45, 7) is 1.90. The number of methoxy groups -OCH3 is 1. The number of rotatable bonds is 4. The van der Waals surface area contributed by atoms with Gasteiger partial charge >= 0.3 is 0 Å². The number of nitrogens with zero attached hydrogens (tertiary/aromatic N) is 1. The van der Waals surface area contributed by atoms with Crippen molar-refractivity contribution < 1.29 is 9.47 Å². The third-order valence-corrected chi connectivity index (χ3v) is 2.56. The lowest BCUT2D eigenvalue weighted by atomic mass is 10.1. The zero-order valence-corrected chi connectivity index (χ0v) is 10.5. The molecule has 0 spiro atoms. The van der Waals surface area contributed by atoms with Crippen LogP contribution in [0.4, 0.5) is 0 Å². The van der Waals surface area contributed by atoms with Crippen LogP contribution in [0, 0.1) is 0 Å². The summed E-state index contributed by atoms with van der Waals surface area (Å²) in [5.41, 5.74) is 6.82. The molecule has 0 fully saturated rings. The van der Waals surface area contributed by atoms with Crippen LogP contribution in [-0.4, -0.2) is 12.1 Å². The fourth-order valence-corrected chi connectivity index (χ4v) is 1.77. The van der Waals surface area contributed by atoms with E-state index < -0.39 is 0 Å². The van der Waals surface area contributed by atoms with E-state index in [4.69, 9.17) is 15.2 Å². The Morgan fingerprint density at radius 1 is 1.17 bits per heavy atom. The number of benzene rings is 1.